The maximum Gasteiger partial charge on any atom is 0.223 e. The Morgan fingerprint density at radius 1 is 1.45 bits per heavy atom. The molecule has 0 saturated heterocycles. The van der Waals surface area contributed by atoms with Gasteiger partial charge in [0.1, 0.15) is 5.75 Å². The van der Waals surface area contributed by atoms with Gasteiger partial charge in [0.25, 0.3) is 0 Å². The van der Waals surface area contributed by atoms with Gasteiger partial charge in [-0.05, 0) is 37.3 Å². The van der Waals surface area contributed by atoms with Crippen molar-refractivity contribution in [2.45, 2.75) is 31.8 Å². The van der Waals surface area contributed by atoms with E-state index in [1.807, 2.05) is 12.1 Å². The molecular weight excluding hydrogens is 256 g/mol. The second-order valence-corrected chi connectivity index (χ2v) is 5.31. The number of amides is 1. The lowest BCUT2D eigenvalue weighted by molar-refractivity contribution is -0.121. The smallest absolute Gasteiger partial charge is 0.223 e. The van der Waals surface area contributed by atoms with Gasteiger partial charge < -0.3 is 20.9 Å². The van der Waals surface area contributed by atoms with Crippen molar-refractivity contribution in [2.24, 2.45) is 5.92 Å². The maximum atomic E-state index is 11.7. The van der Waals surface area contributed by atoms with Crippen molar-refractivity contribution in [3.8, 4) is 5.75 Å². The zero-order valence-electron chi connectivity index (χ0n) is 11.5. The standard InChI is InChI=1S/C15H22N2O3/c16-12-2-1-3-14(9-12)20-7-6-15(19)17-10-11-4-5-13(18)8-11/h1-3,9,11,13,18H,4-8,10,16H2,(H,17,19). The third kappa shape index (κ3) is 4.74. The average molecular weight is 278 g/mol. The Kier molecular flexibility index (Phi) is 5.24. The first kappa shape index (κ1) is 14.7. The second kappa shape index (κ2) is 7.14. The van der Waals surface area contributed by atoms with Crippen molar-refractivity contribution >= 4 is 11.6 Å². The minimum Gasteiger partial charge on any atom is -0.493 e. The fourth-order valence-electron chi connectivity index (χ4n) is 2.45. The van der Waals surface area contributed by atoms with E-state index in [0.717, 1.165) is 19.3 Å². The number of aliphatic hydroxyl groups excluding tert-OH is 1. The van der Waals surface area contributed by atoms with Crippen molar-refractivity contribution in [3.05, 3.63) is 24.3 Å². The van der Waals surface area contributed by atoms with Gasteiger partial charge in [-0.1, -0.05) is 6.07 Å². The van der Waals surface area contributed by atoms with Gasteiger partial charge in [0.05, 0.1) is 19.1 Å². The molecule has 0 spiro atoms. The fourth-order valence-corrected chi connectivity index (χ4v) is 2.45. The Bertz CT molecular complexity index is 450. The molecule has 1 aromatic rings. The van der Waals surface area contributed by atoms with E-state index in [9.17, 15) is 9.90 Å². The highest BCUT2D eigenvalue weighted by Gasteiger charge is 2.22. The zero-order valence-corrected chi connectivity index (χ0v) is 11.5. The van der Waals surface area contributed by atoms with Crippen LogP contribution >= 0.6 is 0 Å². The van der Waals surface area contributed by atoms with E-state index >= 15 is 0 Å². The van der Waals surface area contributed by atoms with Gasteiger partial charge in [-0.2, -0.15) is 0 Å². The molecule has 5 nitrogen and oxygen atoms in total. The molecule has 2 atom stereocenters. The van der Waals surface area contributed by atoms with Crippen LogP contribution in [0.1, 0.15) is 25.7 Å². The van der Waals surface area contributed by atoms with Crippen LogP contribution in [-0.2, 0) is 4.79 Å². The largest absolute Gasteiger partial charge is 0.493 e. The van der Waals surface area contributed by atoms with Gasteiger partial charge in [-0.15, -0.1) is 0 Å². The SMILES string of the molecule is Nc1cccc(OCCC(=O)NCC2CCC(O)C2)c1. The number of nitrogen functional groups attached to an aromatic ring is 1. The molecule has 1 saturated carbocycles. The van der Waals surface area contributed by atoms with E-state index in [0.29, 0.717) is 36.9 Å². The van der Waals surface area contributed by atoms with Crippen LogP contribution in [0.5, 0.6) is 5.75 Å². The molecule has 1 aliphatic rings. The van der Waals surface area contributed by atoms with Crippen LogP contribution in [0, 0.1) is 5.92 Å². The van der Waals surface area contributed by atoms with Crippen molar-refractivity contribution in [1.82, 2.24) is 5.32 Å². The van der Waals surface area contributed by atoms with Crippen molar-refractivity contribution in [1.29, 1.82) is 0 Å². The van der Waals surface area contributed by atoms with Gasteiger partial charge in [-0.25, -0.2) is 0 Å². The van der Waals surface area contributed by atoms with Gasteiger partial charge >= 0.3 is 0 Å². The number of rotatable bonds is 6. The molecule has 1 aromatic carbocycles. The van der Waals surface area contributed by atoms with Gasteiger partial charge in [0.15, 0.2) is 0 Å². The first-order valence-corrected chi connectivity index (χ1v) is 7.06. The lowest BCUT2D eigenvalue weighted by atomic mass is 10.1. The third-order valence-electron chi connectivity index (χ3n) is 3.56. The molecule has 0 bridgehead atoms. The molecule has 1 amide bonds. The van der Waals surface area contributed by atoms with Gasteiger partial charge in [-0.3, -0.25) is 4.79 Å². The van der Waals surface area contributed by atoms with Crippen molar-refractivity contribution < 1.29 is 14.6 Å². The number of nitrogens with one attached hydrogen (secondary N) is 1. The maximum absolute atomic E-state index is 11.7. The van der Waals surface area contributed by atoms with E-state index in [4.69, 9.17) is 10.5 Å². The van der Waals surface area contributed by atoms with Crippen LogP contribution in [0.4, 0.5) is 5.69 Å². The molecule has 5 heteroatoms. The first-order chi connectivity index (χ1) is 9.63. The summed E-state index contributed by atoms with van der Waals surface area (Å²) in [7, 11) is 0. The monoisotopic (exact) mass is 278 g/mol. The van der Waals surface area contributed by atoms with Crippen LogP contribution in [0.2, 0.25) is 0 Å². The number of aliphatic hydroxyl groups is 1. The zero-order chi connectivity index (χ0) is 14.4. The predicted molar refractivity (Wildman–Crippen MR) is 77.3 cm³/mol. The highest BCUT2D eigenvalue weighted by Crippen LogP contribution is 2.24. The minimum absolute atomic E-state index is 0.0182. The van der Waals surface area contributed by atoms with Crippen molar-refractivity contribution in [3.63, 3.8) is 0 Å². The summed E-state index contributed by atoms with van der Waals surface area (Å²) in [6, 6.07) is 7.15. The molecule has 2 rings (SSSR count). The second-order valence-electron chi connectivity index (χ2n) is 5.31. The average Bonchev–Trinajstić information content (AvgIpc) is 2.82. The summed E-state index contributed by atoms with van der Waals surface area (Å²) in [5, 5.41) is 12.3. The van der Waals surface area contributed by atoms with Crippen LogP contribution in [0.15, 0.2) is 24.3 Å². The van der Waals surface area contributed by atoms with Crippen LogP contribution in [0.3, 0.4) is 0 Å². The number of hydrogen-bond acceptors (Lipinski definition) is 4. The topological polar surface area (TPSA) is 84.6 Å². The number of carbonyl (C=O) groups is 1. The Hall–Kier alpha value is -1.75. The first-order valence-electron chi connectivity index (χ1n) is 7.06. The summed E-state index contributed by atoms with van der Waals surface area (Å²) in [6.07, 6.45) is 2.76. The van der Waals surface area contributed by atoms with Crippen LogP contribution < -0.4 is 15.8 Å². The quantitative estimate of drug-likeness (QED) is 0.685. The van der Waals surface area contributed by atoms with Crippen LogP contribution in [-0.4, -0.2) is 30.3 Å². The number of anilines is 1. The number of hydrogen-bond donors (Lipinski definition) is 3. The number of nitrogens with two attached hydrogens (primary N) is 1. The van der Waals surface area contributed by atoms with Crippen LogP contribution in [0.25, 0.3) is 0 Å². The Labute approximate surface area is 119 Å². The van der Waals surface area contributed by atoms with Crippen molar-refractivity contribution in [2.75, 3.05) is 18.9 Å². The summed E-state index contributed by atoms with van der Waals surface area (Å²) in [5.41, 5.74) is 6.28. The molecule has 20 heavy (non-hydrogen) atoms. The summed E-state index contributed by atoms with van der Waals surface area (Å²) in [6.45, 7) is 0.983. The Morgan fingerprint density at radius 3 is 3.00 bits per heavy atom. The van der Waals surface area contributed by atoms with Gasteiger partial charge in [0.2, 0.25) is 5.91 Å². The molecule has 0 radical (unpaired) electrons. The molecule has 2 unspecified atom stereocenters. The molecular formula is C15H22N2O3. The van der Waals surface area contributed by atoms with E-state index in [-0.39, 0.29) is 12.0 Å². The lowest BCUT2D eigenvalue weighted by Crippen LogP contribution is -2.29. The molecule has 0 aliphatic heterocycles. The molecule has 0 heterocycles. The highest BCUT2D eigenvalue weighted by atomic mass is 16.5. The fraction of sp³-hybridized carbons (Fsp3) is 0.533. The summed E-state index contributed by atoms with van der Waals surface area (Å²) in [5.74, 6) is 1.07. The van der Waals surface area contributed by atoms with E-state index < -0.39 is 0 Å². The molecule has 1 aliphatic carbocycles. The van der Waals surface area contributed by atoms with E-state index in [1.165, 1.54) is 0 Å². The van der Waals surface area contributed by atoms with E-state index in [1.54, 1.807) is 12.1 Å². The molecule has 4 N–H and O–H groups in total. The summed E-state index contributed by atoms with van der Waals surface area (Å²) >= 11 is 0. The molecule has 0 aromatic heterocycles. The lowest BCUT2D eigenvalue weighted by Gasteiger charge is -2.11. The molecule has 1 fully saturated rings. The number of carbonyl (C=O) groups excluding carboxylic acids is 1. The number of ether oxygens (including phenoxy) is 1. The highest BCUT2D eigenvalue weighted by molar-refractivity contribution is 5.76. The van der Waals surface area contributed by atoms with E-state index in [2.05, 4.69) is 5.32 Å². The Balaban J connectivity index is 1.60. The number of benzene rings is 1. The third-order valence-corrected chi connectivity index (χ3v) is 3.56. The van der Waals surface area contributed by atoms with Gasteiger partial charge in [0, 0.05) is 18.3 Å². The normalized spacial score (nSPS) is 21.6. The Morgan fingerprint density at radius 2 is 2.30 bits per heavy atom. The minimum atomic E-state index is -0.191. The molecule has 110 valence electrons. The predicted octanol–water partition coefficient (Wildman–Crippen LogP) is 1.31. The summed E-state index contributed by atoms with van der Waals surface area (Å²) in [4.78, 5) is 11.7. The summed E-state index contributed by atoms with van der Waals surface area (Å²) < 4.78 is 5.47.